The SMILES string of the molecule is CCCCCCCC(=O)NCCCC[C@H](NC(=O)[C@H](Cc1c[nH]c2ccccc12)NC(=O)[C@H](CCCN=C(N)N)NC(=O)[C@H](Cc1c[nH]c2ccccc12)NC(=O)[C@H](CCCN=C(N)N)NC(=O)[C@H](Cc1c[nH]c2ccccc12)NC(=O)[C@@H](N)CCCN=C(N)N)C(=O)O. The Morgan fingerprint density at radius 1 is 0.426 bits per heavy atom. The molecule has 0 fully saturated rings. The first-order valence-electron chi connectivity index (χ1n) is 32.1. The van der Waals surface area contributed by atoms with Gasteiger partial charge in [-0.3, -0.25) is 48.5 Å². The molecule has 6 aromatic rings. The number of aliphatic imine (C=N–C) groups is 3. The van der Waals surface area contributed by atoms with Gasteiger partial charge in [0.2, 0.25) is 41.4 Å². The minimum atomic E-state index is -1.47. The molecule has 25 N–H and O–H groups in total. The number of fused-ring (bicyclic) bond motifs is 3. The number of aromatic nitrogens is 3. The molecule has 94 heavy (non-hydrogen) atoms. The van der Waals surface area contributed by atoms with Gasteiger partial charge in [0.25, 0.3) is 0 Å². The van der Waals surface area contributed by atoms with Crippen molar-refractivity contribution >= 4 is 97.9 Å². The maximum absolute atomic E-state index is 15.2. The number of carboxylic acid groups (broad SMARTS) is 1. The van der Waals surface area contributed by atoms with Crippen molar-refractivity contribution in [2.45, 2.75) is 165 Å². The summed E-state index contributed by atoms with van der Waals surface area (Å²) in [6.45, 7) is 2.71. The molecular formula is C65H94N20O9. The molecule has 0 saturated carbocycles. The van der Waals surface area contributed by atoms with Crippen LogP contribution in [-0.4, -0.2) is 154 Å². The zero-order valence-electron chi connectivity index (χ0n) is 53.4. The Hall–Kier alpha value is -10.2. The van der Waals surface area contributed by atoms with Crippen LogP contribution in [-0.2, 0) is 57.6 Å². The van der Waals surface area contributed by atoms with E-state index in [9.17, 15) is 33.9 Å². The van der Waals surface area contributed by atoms with Crippen LogP contribution in [0.5, 0.6) is 0 Å². The Morgan fingerprint density at radius 2 is 0.777 bits per heavy atom. The summed E-state index contributed by atoms with van der Waals surface area (Å²) in [5.41, 5.74) is 44.1. The van der Waals surface area contributed by atoms with E-state index in [1.807, 2.05) is 66.7 Å². The van der Waals surface area contributed by atoms with Crippen LogP contribution >= 0.6 is 0 Å². The van der Waals surface area contributed by atoms with Crippen molar-refractivity contribution in [2.75, 3.05) is 26.2 Å². The Kier molecular flexibility index (Phi) is 29.4. The molecule has 6 rings (SSSR count). The van der Waals surface area contributed by atoms with Gasteiger partial charge < -0.3 is 97.4 Å². The van der Waals surface area contributed by atoms with Crippen LogP contribution in [0.1, 0.15) is 120 Å². The molecule has 0 saturated heterocycles. The highest BCUT2D eigenvalue weighted by atomic mass is 16.4. The minimum absolute atomic E-state index is 0.00996. The zero-order valence-corrected chi connectivity index (χ0v) is 53.4. The Labute approximate surface area is 545 Å². The van der Waals surface area contributed by atoms with Crippen molar-refractivity contribution in [1.82, 2.24) is 52.2 Å². The third-order valence-corrected chi connectivity index (χ3v) is 16.0. The molecule has 3 heterocycles. The van der Waals surface area contributed by atoms with Crippen LogP contribution in [0.25, 0.3) is 32.7 Å². The number of unbranched alkanes of at least 4 members (excludes halogenated alkanes) is 5. The summed E-state index contributed by atoms with van der Waals surface area (Å²) < 4.78 is 0. The molecule has 0 bridgehead atoms. The molecule has 0 aliphatic rings. The van der Waals surface area contributed by atoms with E-state index in [0.29, 0.717) is 48.9 Å². The van der Waals surface area contributed by atoms with Gasteiger partial charge >= 0.3 is 5.97 Å². The van der Waals surface area contributed by atoms with E-state index < -0.39 is 83.7 Å². The second-order valence-corrected chi connectivity index (χ2v) is 23.4. The van der Waals surface area contributed by atoms with Gasteiger partial charge in [0, 0.05) is 103 Å². The van der Waals surface area contributed by atoms with Crippen molar-refractivity contribution in [3.8, 4) is 0 Å². The van der Waals surface area contributed by atoms with Gasteiger partial charge in [-0.1, -0.05) is 87.2 Å². The molecule has 29 heteroatoms. The van der Waals surface area contributed by atoms with Gasteiger partial charge in [0.05, 0.1) is 6.04 Å². The van der Waals surface area contributed by atoms with Crippen LogP contribution in [0, 0.1) is 0 Å². The topological polar surface area (TPSA) is 508 Å². The predicted molar refractivity (Wildman–Crippen MR) is 363 cm³/mol. The lowest BCUT2D eigenvalue weighted by Crippen LogP contribution is -2.60. The second-order valence-electron chi connectivity index (χ2n) is 23.4. The van der Waals surface area contributed by atoms with Crippen LogP contribution < -0.4 is 77.4 Å². The minimum Gasteiger partial charge on any atom is -0.480 e. The molecule has 7 atom stereocenters. The highest BCUT2D eigenvalue weighted by Crippen LogP contribution is 2.23. The van der Waals surface area contributed by atoms with Crippen LogP contribution in [0.15, 0.2) is 106 Å². The highest BCUT2D eigenvalue weighted by molar-refractivity contribution is 5.98. The first-order chi connectivity index (χ1) is 45.2. The van der Waals surface area contributed by atoms with E-state index in [-0.39, 0.29) is 101 Å². The summed E-state index contributed by atoms with van der Waals surface area (Å²) >= 11 is 0. The van der Waals surface area contributed by atoms with Gasteiger partial charge in [0.1, 0.15) is 36.3 Å². The number of aromatic amines is 3. The van der Waals surface area contributed by atoms with E-state index in [2.05, 4.69) is 74.1 Å². The number of nitrogens with zero attached hydrogens (tertiary/aromatic N) is 3. The fourth-order valence-corrected chi connectivity index (χ4v) is 11.0. The number of nitrogens with two attached hydrogens (primary N) is 7. The lowest BCUT2D eigenvalue weighted by Gasteiger charge is -2.28. The third-order valence-electron chi connectivity index (χ3n) is 16.0. The van der Waals surface area contributed by atoms with E-state index in [1.54, 1.807) is 24.7 Å². The van der Waals surface area contributed by atoms with Crippen molar-refractivity contribution in [2.24, 2.45) is 55.1 Å². The average molecular weight is 1300 g/mol. The summed E-state index contributed by atoms with van der Waals surface area (Å²) in [5, 5.41) is 32.2. The van der Waals surface area contributed by atoms with E-state index >= 15 is 9.59 Å². The number of amides is 7. The number of rotatable bonds is 42. The summed E-state index contributed by atoms with van der Waals surface area (Å²) in [4.78, 5) is 135. The predicted octanol–water partition coefficient (Wildman–Crippen LogP) is 1.29. The standard InChI is InChI=1S/C65H94N20O9/c1-2-3-4-5-6-28-55(86)73-29-14-13-25-51(62(93)94)82-61(92)54(35-41-38-79-48-24-12-9-20-44(41)48)85-58(89)50(27-17-32-76-65(71)72)81-60(91)53(34-40-37-78-47-23-11-8-19-43(40)47)84-57(88)49(26-16-31-75-64(69)70)80-59(90)52(33-39-36-77-46-22-10-7-18-42(39)46)83-56(87)45(66)21-15-30-74-63(67)68/h7-12,18-20,22-24,36-38,45,49-54,77-79H,2-6,13-17,21,25-35,66H2,1H3,(H,73,86)(H,80,90)(H,81,91)(H,82,92)(H,83,87)(H,84,88)(H,85,89)(H,93,94)(H4,67,68,74)(H4,69,70,75)(H4,71,72,76)/t45-,49-,50-,51-,52-,53-,54-/m0/s1. The summed E-state index contributed by atoms with van der Waals surface area (Å²) in [5.74, 6) is -6.72. The molecule has 7 amide bonds. The van der Waals surface area contributed by atoms with Gasteiger partial charge in [0.15, 0.2) is 17.9 Å². The molecule has 0 radical (unpaired) electrons. The summed E-state index contributed by atoms with van der Waals surface area (Å²) in [7, 11) is 0. The molecule has 3 aromatic heterocycles. The van der Waals surface area contributed by atoms with E-state index in [1.165, 1.54) is 0 Å². The maximum Gasteiger partial charge on any atom is 0.326 e. The van der Waals surface area contributed by atoms with Crippen molar-refractivity contribution in [3.05, 3.63) is 108 Å². The van der Waals surface area contributed by atoms with Crippen LogP contribution in [0.4, 0.5) is 0 Å². The number of hydrogen-bond acceptors (Lipinski definition) is 12. The van der Waals surface area contributed by atoms with Gasteiger partial charge in [-0.15, -0.1) is 0 Å². The second kappa shape index (κ2) is 38.0. The average Bonchev–Trinajstić information content (AvgIpc) is 1.67. The fourth-order valence-electron chi connectivity index (χ4n) is 11.0. The number of H-pyrrole nitrogens is 3. The molecule has 508 valence electrons. The molecule has 0 aliphatic carbocycles. The van der Waals surface area contributed by atoms with E-state index in [4.69, 9.17) is 40.1 Å². The lowest BCUT2D eigenvalue weighted by molar-refractivity contribution is -0.142. The van der Waals surface area contributed by atoms with E-state index in [0.717, 1.165) is 64.8 Å². The molecule has 0 aliphatic heterocycles. The van der Waals surface area contributed by atoms with Gasteiger partial charge in [-0.2, -0.15) is 0 Å². The summed E-state index contributed by atoms with van der Waals surface area (Å²) in [6, 6.07) is 12.5. The normalized spacial score (nSPS) is 13.4. The van der Waals surface area contributed by atoms with Crippen molar-refractivity contribution < 1.29 is 43.5 Å². The van der Waals surface area contributed by atoms with Crippen LogP contribution in [0.2, 0.25) is 0 Å². The molecular weight excluding hydrogens is 1200 g/mol. The Balaban J connectivity index is 1.28. The monoisotopic (exact) mass is 1300 g/mol. The number of para-hydroxylation sites is 3. The number of nitrogens with one attached hydrogen (secondary N) is 10. The highest BCUT2D eigenvalue weighted by Gasteiger charge is 2.35. The molecule has 0 spiro atoms. The number of aliphatic carboxylic acids is 1. The molecule has 3 aromatic carbocycles. The van der Waals surface area contributed by atoms with Gasteiger partial charge in [-0.05, 0) is 99.1 Å². The fraction of sp³-hybridized carbons (Fsp3) is 0.462. The third kappa shape index (κ3) is 23.8. The lowest BCUT2D eigenvalue weighted by atomic mass is 10.0. The van der Waals surface area contributed by atoms with Crippen LogP contribution in [0.3, 0.4) is 0 Å². The number of carbonyl (C=O) groups is 8. The number of guanidine groups is 3. The number of benzene rings is 3. The van der Waals surface area contributed by atoms with Crippen molar-refractivity contribution in [1.29, 1.82) is 0 Å². The quantitative estimate of drug-likeness (QED) is 0.0146. The first-order valence-corrected chi connectivity index (χ1v) is 32.1. The first kappa shape index (κ1) is 72.9. The Bertz CT molecular complexity index is 3560. The zero-order chi connectivity index (χ0) is 67.9. The largest absolute Gasteiger partial charge is 0.480 e. The van der Waals surface area contributed by atoms with Crippen molar-refractivity contribution in [3.63, 3.8) is 0 Å². The summed E-state index contributed by atoms with van der Waals surface area (Å²) in [6.07, 6.45) is 11.6. The smallest absolute Gasteiger partial charge is 0.326 e. The Morgan fingerprint density at radius 3 is 1.18 bits per heavy atom. The number of carboxylic acids is 1. The van der Waals surface area contributed by atoms with Gasteiger partial charge in [-0.25, -0.2) is 4.79 Å². The number of carbonyl (C=O) groups excluding carboxylic acids is 7. The maximum atomic E-state index is 15.2. The molecule has 0 unspecified atom stereocenters. The molecule has 29 nitrogen and oxygen atoms in total. The number of hydrogen-bond donors (Lipinski definition) is 18.